The van der Waals surface area contributed by atoms with E-state index in [1.807, 2.05) is 0 Å². The van der Waals surface area contributed by atoms with Crippen molar-refractivity contribution in [3.8, 4) is 5.88 Å². The molecule has 0 radical (unpaired) electrons. The molecule has 0 saturated heterocycles. The fourth-order valence-electron chi connectivity index (χ4n) is 1.12. The molecule has 0 bridgehead atoms. The predicted octanol–water partition coefficient (Wildman–Crippen LogP) is 3.66. The number of rotatable bonds is 4. The zero-order valence-electron chi connectivity index (χ0n) is 8.51. The Morgan fingerprint density at radius 2 is 2.20 bits per heavy atom. The quantitative estimate of drug-likeness (QED) is 0.839. The van der Waals surface area contributed by atoms with Crippen LogP contribution in [0.5, 0.6) is 5.88 Å². The number of nitrogens with zero attached hydrogens (tertiary/aromatic N) is 1. The first-order valence-electron chi connectivity index (χ1n) is 4.59. The van der Waals surface area contributed by atoms with Gasteiger partial charge in [0, 0.05) is 23.7 Å². The van der Waals surface area contributed by atoms with Gasteiger partial charge in [-0.3, -0.25) is 0 Å². The van der Waals surface area contributed by atoms with Gasteiger partial charge >= 0.3 is 0 Å². The minimum Gasteiger partial charge on any atom is -0.468 e. The molecule has 0 amide bonds. The van der Waals surface area contributed by atoms with Gasteiger partial charge in [0.1, 0.15) is 0 Å². The van der Waals surface area contributed by atoms with E-state index in [9.17, 15) is 8.78 Å². The van der Waals surface area contributed by atoms with Gasteiger partial charge in [-0.2, -0.15) is 0 Å². The van der Waals surface area contributed by atoms with E-state index in [0.29, 0.717) is 0 Å². The maximum absolute atomic E-state index is 13.0. The molecule has 0 aliphatic heterocycles. The molecule has 5 heteroatoms. The molecule has 0 aliphatic carbocycles. The number of pyridine rings is 1. The van der Waals surface area contributed by atoms with Crippen molar-refractivity contribution < 1.29 is 13.5 Å². The summed E-state index contributed by atoms with van der Waals surface area (Å²) >= 11 is 3.20. The third-order valence-electron chi connectivity index (χ3n) is 1.90. The highest BCUT2D eigenvalue weighted by molar-refractivity contribution is 9.10. The summed E-state index contributed by atoms with van der Waals surface area (Å²) in [4.78, 5) is 3.88. The molecule has 1 aromatic rings. The molecule has 1 atom stereocenters. The maximum atomic E-state index is 13.0. The zero-order chi connectivity index (χ0) is 11.5. The van der Waals surface area contributed by atoms with Crippen LogP contribution in [0.15, 0.2) is 22.8 Å². The Bertz CT molecular complexity index is 310. The lowest BCUT2D eigenvalue weighted by Crippen LogP contribution is -2.35. The Morgan fingerprint density at radius 3 is 2.60 bits per heavy atom. The van der Waals surface area contributed by atoms with E-state index < -0.39 is 12.0 Å². The van der Waals surface area contributed by atoms with E-state index >= 15 is 0 Å². The highest BCUT2D eigenvalue weighted by Crippen LogP contribution is 2.24. The van der Waals surface area contributed by atoms with Gasteiger partial charge in [0.2, 0.25) is 5.88 Å². The Labute approximate surface area is 95.8 Å². The van der Waals surface area contributed by atoms with Gasteiger partial charge in [-0.1, -0.05) is 6.92 Å². The third kappa shape index (κ3) is 3.74. The van der Waals surface area contributed by atoms with Gasteiger partial charge in [-0.15, -0.1) is 0 Å². The van der Waals surface area contributed by atoms with E-state index in [0.717, 1.165) is 11.4 Å². The van der Waals surface area contributed by atoms with E-state index in [2.05, 4.69) is 20.9 Å². The Balaban J connectivity index is 2.71. The van der Waals surface area contributed by atoms with Crippen molar-refractivity contribution in [2.45, 2.75) is 32.3 Å². The standard InChI is InChI=1S/C10H12BrF2NO/c1-3-8(10(2,12)13)15-9-5-4-7(11)6-14-9/h4-6,8H,3H2,1-2H3. The molecule has 0 aliphatic rings. The van der Waals surface area contributed by atoms with Crippen LogP contribution in [0.2, 0.25) is 0 Å². The molecule has 0 spiro atoms. The van der Waals surface area contributed by atoms with Gasteiger partial charge in [0.05, 0.1) is 0 Å². The maximum Gasteiger partial charge on any atom is 0.281 e. The number of halogens is 3. The first-order chi connectivity index (χ1) is 6.93. The molecule has 1 rings (SSSR count). The number of hydrogen-bond donors (Lipinski definition) is 0. The minimum absolute atomic E-state index is 0.214. The van der Waals surface area contributed by atoms with Crippen molar-refractivity contribution in [3.05, 3.63) is 22.8 Å². The highest BCUT2D eigenvalue weighted by atomic mass is 79.9. The number of ether oxygens (including phenoxy) is 1. The van der Waals surface area contributed by atoms with E-state index in [-0.39, 0.29) is 12.3 Å². The van der Waals surface area contributed by atoms with Crippen LogP contribution in [-0.2, 0) is 0 Å². The molecule has 0 N–H and O–H groups in total. The molecule has 84 valence electrons. The molecular formula is C10H12BrF2NO. The number of aromatic nitrogens is 1. The van der Waals surface area contributed by atoms with Crippen LogP contribution in [0.4, 0.5) is 8.78 Å². The summed E-state index contributed by atoms with van der Waals surface area (Å²) in [6.45, 7) is 2.50. The summed E-state index contributed by atoms with van der Waals surface area (Å²) in [6, 6.07) is 3.25. The Hall–Kier alpha value is -0.710. The van der Waals surface area contributed by atoms with Gasteiger partial charge in [-0.25, -0.2) is 13.8 Å². The lowest BCUT2D eigenvalue weighted by atomic mass is 10.1. The second kappa shape index (κ2) is 4.88. The van der Waals surface area contributed by atoms with Crippen LogP contribution in [0.3, 0.4) is 0 Å². The molecule has 0 saturated carbocycles. The van der Waals surface area contributed by atoms with Crippen LogP contribution in [-0.4, -0.2) is 17.0 Å². The predicted molar refractivity (Wildman–Crippen MR) is 57.3 cm³/mol. The van der Waals surface area contributed by atoms with Crippen molar-refractivity contribution in [2.24, 2.45) is 0 Å². The van der Waals surface area contributed by atoms with Crippen molar-refractivity contribution in [1.29, 1.82) is 0 Å². The second-order valence-electron chi connectivity index (χ2n) is 3.29. The largest absolute Gasteiger partial charge is 0.468 e. The summed E-state index contributed by atoms with van der Waals surface area (Å²) < 4.78 is 31.9. The molecule has 1 heterocycles. The normalized spacial score (nSPS) is 13.7. The first-order valence-corrected chi connectivity index (χ1v) is 5.38. The molecular weight excluding hydrogens is 268 g/mol. The summed E-state index contributed by atoms with van der Waals surface area (Å²) in [5, 5.41) is 0. The minimum atomic E-state index is -2.86. The van der Waals surface area contributed by atoms with Gasteiger partial charge in [0.15, 0.2) is 6.10 Å². The van der Waals surface area contributed by atoms with Crippen molar-refractivity contribution in [3.63, 3.8) is 0 Å². The van der Waals surface area contributed by atoms with E-state index in [1.165, 1.54) is 6.20 Å². The van der Waals surface area contributed by atoms with Gasteiger partial charge in [-0.05, 0) is 28.4 Å². The fourth-order valence-corrected chi connectivity index (χ4v) is 1.36. The van der Waals surface area contributed by atoms with Crippen LogP contribution >= 0.6 is 15.9 Å². The molecule has 0 fully saturated rings. The monoisotopic (exact) mass is 279 g/mol. The molecule has 2 nitrogen and oxygen atoms in total. The smallest absolute Gasteiger partial charge is 0.281 e. The van der Waals surface area contributed by atoms with Crippen LogP contribution in [0.25, 0.3) is 0 Å². The summed E-state index contributed by atoms with van der Waals surface area (Å²) in [5.41, 5.74) is 0. The first kappa shape index (κ1) is 12.4. The molecule has 15 heavy (non-hydrogen) atoms. The van der Waals surface area contributed by atoms with Gasteiger partial charge < -0.3 is 4.74 Å². The van der Waals surface area contributed by atoms with Crippen LogP contribution < -0.4 is 4.74 Å². The van der Waals surface area contributed by atoms with E-state index in [1.54, 1.807) is 19.1 Å². The Morgan fingerprint density at radius 1 is 1.53 bits per heavy atom. The lowest BCUT2D eigenvalue weighted by Gasteiger charge is -2.22. The van der Waals surface area contributed by atoms with Crippen molar-refractivity contribution in [2.75, 3.05) is 0 Å². The van der Waals surface area contributed by atoms with Crippen molar-refractivity contribution >= 4 is 15.9 Å². The van der Waals surface area contributed by atoms with Crippen molar-refractivity contribution in [1.82, 2.24) is 4.98 Å². The average molecular weight is 280 g/mol. The van der Waals surface area contributed by atoms with Crippen LogP contribution in [0.1, 0.15) is 20.3 Å². The molecule has 1 aromatic heterocycles. The topological polar surface area (TPSA) is 22.1 Å². The average Bonchev–Trinajstić information content (AvgIpc) is 2.15. The third-order valence-corrected chi connectivity index (χ3v) is 2.37. The number of hydrogen-bond acceptors (Lipinski definition) is 2. The number of alkyl halides is 2. The fraction of sp³-hybridized carbons (Fsp3) is 0.500. The molecule has 1 unspecified atom stereocenters. The summed E-state index contributed by atoms with van der Waals surface area (Å²) in [6.07, 6.45) is 0.614. The van der Waals surface area contributed by atoms with Crippen LogP contribution in [0, 0.1) is 0 Å². The van der Waals surface area contributed by atoms with E-state index in [4.69, 9.17) is 4.74 Å². The SMILES string of the molecule is CCC(Oc1ccc(Br)cn1)C(C)(F)F. The van der Waals surface area contributed by atoms with Gasteiger partial charge in [0.25, 0.3) is 5.92 Å². The summed E-state index contributed by atoms with van der Waals surface area (Å²) in [5.74, 6) is -2.64. The zero-order valence-corrected chi connectivity index (χ0v) is 10.1. The highest BCUT2D eigenvalue weighted by Gasteiger charge is 2.34. The lowest BCUT2D eigenvalue weighted by molar-refractivity contribution is -0.0828. The Kier molecular flexibility index (Phi) is 4.02. The second-order valence-corrected chi connectivity index (χ2v) is 4.20. The molecule has 0 aromatic carbocycles. The summed E-state index contributed by atoms with van der Waals surface area (Å²) in [7, 11) is 0.